The first-order valence-electron chi connectivity index (χ1n) is 8.66. The van der Waals surface area contributed by atoms with E-state index in [1.165, 1.54) is 0 Å². The Morgan fingerprint density at radius 2 is 2.19 bits per heavy atom. The number of benzene rings is 1. The van der Waals surface area contributed by atoms with Crippen LogP contribution in [0, 0.1) is 12.3 Å². The molecule has 0 amide bonds. The lowest BCUT2D eigenvalue weighted by molar-refractivity contribution is -0.347. The number of aromatic nitrogens is 4. The number of hydrogen-bond donors (Lipinski definition) is 1. The number of hydrogen-bond acceptors (Lipinski definition) is 5. The average molecular weight is 385 g/mol. The number of nitrogens with zero attached hydrogens (tertiary/aromatic N) is 3. The quantitative estimate of drug-likeness (QED) is 0.520. The predicted molar refractivity (Wildman–Crippen MR) is 102 cm³/mol. The zero-order chi connectivity index (χ0) is 18.6. The van der Waals surface area contributed by atoms with Crippen molar-refractivity contribution in [1.29, 1.82) is 0 Å². The Balaban J connectivity index is 1.60. The SMILES string of the molecule is C#CCO[C@H]1C[C@H](COc2ccccc2)N(c2nc(Cl)nc3[nH+]c[nH]c23)C1. The maximum absolute atomic E-state index is 6.13. The van der Waals surface area contributed by atoms with Crippen LogP contribution in [0.2, 0.25) is 5.28 Å². The van der Waals surface area contributed by atoms with E-state index < -0.39 is 0 Å². The lowest BCUT2D eigenvalue weighted by Crippen LogP contribution is -2.35. The molecule has 7 nitrogen and oxygen atoms in total. The molecule has 2 atom stereocenters. The number of H-pyrrole nitrogens is 2. The molecule has 1 saturated heterocycles. The summed E-state index contributed by atoms with van der Waals surface area (Å²) in [4.78, 5) is 17.0. The van der Waals surface area contributed by atoms with Crippen LogP contribution in [0.15, 0.2) is 36.7 Å². The fourth-order valence-electron chi connectivity index (χ4n) is 3.33. The molecule has 1 aromatic carbocycles. The van der Waals surface area contributed by atoms with Crippen molar-refractivity contribution in [3.8, 4) is 18.1 Å². The van der Waals surface area contributed by atoms with Crippen LogP contribution in [0.25, 0.3) is 11.2 Å². The molecule has 27 heavy (non-hydrogen) atoms. The average Bonchev–Trinajstić information content (AvgIpc) is 3.31. The number of para-hydroxylation sites is 1. The number of anilines is 1. The van der Waals surface area contributed by atoms with Crippen molar-refractivity contribution in [2.45, 2.75) is 18.6 Å². The monoisotopic (exact) mass is 384 g/mol. The molecule has 8 heteroatoms. The van der Waals surface area contributed by atoms with Crippen molar-refractivity contribution in [3.63, 3.8) is 0 Å². The smallest absolute Gasteiger partial charge is 0.306 e. The second-order valence-electron chi connectivity index (χ2n) is 6.28. The van der Waals surface area contributed by atoms with Gasteiger partial charge in [0.05, 0.1) is 12.1 Å². The summed E-state index contributed by atoms with van der Waals surface area (Å²) in [5.41, 5.74) is 1.45. The Morgan fingerprint density at radius 1 is 1.33 bits per heavy atom. The highest BCUT2D eigenvalue weighted by Crippen LogP contribution is 2.30. The maximum Gasteiger partial charge on any atom is 0.306 e. The lowest BCUT2D eigenvalue weighted by Gasteiger charge is -2.24. The number of imidazole rings is 1. The van der Waals surface area contributed by atoms with E-state index in [0.717, 1.165) is 23.5 Å². The number of terminal acetylenes is 1. The molecule has 3 heterocycles. The molecule has 1 fully saturated rings. The van der Waals surface area contributed by atoms with E-state index in [-0.39, 0.29) is 24.0 Å². The van der Waals surface area contributed by atoms with Crippen molar-refractivity contribution in [2.24, 2.45) is 0 Å². The van der Waals surface area contributed by atoms with Crippen LogP contribution in [0.5, 0.6) is 5.75 Å². The number of rotatable bonds is 6. The first-order valence-corrected chi connectivity index (χ1v) is 9.04. The van der Waals surface area contributed by atoms with Gasteiger partial charge >= 0.3 is 10.9 Å². The summed E-state index contributed by atoms with van der Waals surface area (Å²) in [5, 5.41) is 0.184. The predicted octanol–water partition coefficient (Wildman–Crippen LogP) is 2.10. The van der Waals surface area contributed by atoms with Crippen LogP contribution in [0.3, 0.4) is 0 Å². The van der Waals surface area contributed by atoms with E-state index in [1.54, 1.807) is 6.33 Å². The van der Waals surface area contributed by atoms with Crippen LogP contribution < -0.4 is 14.6 Å². The first-order chi connectivity index (χ1) is 13.2. The third-order valence-corrected chi connectivity index (χ3v) is 4.69. The van der Waals surface area contributed by atoms with Gasteiger partial charge in [0.1, 0.15) is 19.0 Å². The molecular weight excluding hydrogens is 366 g/mol. The van der Waals surface area contributed by atoms with Gasteiger partial charge in [-0.05, 0) is 30.2 Å². The highest BCUT2D eigenvalue weighted by atomic mass is 35.5. The third kappa shape index (κ3) is 3.82. The van der Waals surface area contributed by atoms with Crippen LogP contribution in [-0.2, 0) is 4.74 Å². The summed E-state index contributed by atoms with van der Waals surface area (Å²) >= 11 is 6.13. The van der Waals surface area contributed by atoms with Crippen LogP contribution in [0.4, 0.5) is 5.82 Å². The molecule has 4 rings (SSSR count). The number of nitrogens with one attached hydrogen (secondary N) is 2. The first kappa shape index (κ1) is 17.6. The van der Waals surface area contributed by atoms with Crippen LogP contribution >= 0.6 is 11.6 Å². The highest BCUT2D eigenvalue weighted by molar-refractivity contribution is 6.28. The molecule has 1 aliphatic heterocycles. The summed E-state index contributed by atoms with van der Waals surface area (Å²) in [6.45, 7) is 1.42. The Bertz CT molecular complexity index is 956. The molecular formula is C19H19ClN5O2+. The van der Waals surface area contributed by atoms with E-state index in [4.69, 9.17) is 27.5 Å². The fourth-order valence-corrected chi connectivity index (χ4v) is 3.50. The molecule has 0 unspecified atom stereocenters. The van der Waals surface area contributed by atoms with Crippen molar-refractivity contribution in [1.82, 2.24) is 15.0 Å². The van der Waals surface area contributed by atoms with E-state index in [9.17, 15) is 0 Å². The van der Waals surface area contributed by atoms with Crippen LogP contribution in [0.1, 0.15) is 6.42 Å². The van der Waals surface area contributed by atoms with E-state index >= 15 is 0 Å². The van der Waals surface area contributed by atoms with Gasteiger partial charge in [0.15, 0.2) is 12.1 Å². The van der Waals surface area contributed by atoms with Crippen LogP contribution in [-0.4, -0.2) is 46.9 Å². The zero-order valence-electron chi connectivity index (χ0n) is 14.6. The molecule has 2 aromatic heterocycles. The Morgan fingerprint density at radius 3 is 3.00 bits per heavy atom. The molecule has 0 bridgehead atoms. The summed E-state index contributed by atoms with van der Waals surface area (Å²) < 4.78 is 11.8. The van der Waals surface area contributed by atoms with E-state index in [1.807, 2.05) is 30.3 Å². The van der Waals surface area contributed by atoms with Gasteiger partial charge in [-0.25, -0.2) is 4.98 Å². The van der Waals surface area contributed by atoms with Gasteiger partial charge in [-0.15, -0.1) is 6.42 Å². The molecule has 3 aromatic rings. The van der Waals surface area contributed by atoms with Gasteiger partial charge in [0, 0.05) is 6.54 Å². The summed E-state index contributed by atoms with van der Waals surface area (Å²) in [5.74, 6) is 4.07. The third-order valence-electron chi connectivity index (χ3n) is 4.52. The molecule has 0 aliphatic carbocycles. The Labute approximate surface area is 161 Å². The topological polar surface area (TPSA) is 77.4 Å². The van der Waals surface area contributed by atoms with E-state index in [0.29, 0.717) is 18.8 Å². The van der Waals surface area contributed by atoms with E-state index in [2.05, 4.69) is 30.8 Å². The summed E-state index contributed by atoms with van der Waals surface area (Å²) in [6.07, 6.45) is 7.82. The molecule has 138 valence electrons. The van der Waals surface area contributed by atoms with Crippen molar-refractivity contribution in [2.75, 3.05) is 24.7 Å². The minimum Gasteiger partial charge on any atom is -0.491 e. The zero-order valence-corrected chi connectivity index (χ0v) is 15.3. The second kappa shape index (κ2) is 7.82. The number of ether oxygens (including phenoxy) is 2. The van der Waals surface area contributed by atoms with Crippen molar-refractivity contribution in [3.05, 3.63) is 41.9 Å². The number of aromatic amines is 2. The minimum atomic E-state index is -0.00634. The molecule has 0 spiro atoms. The normalized spacial score (nSPS) is 19.3. The largest absolute Gasteiger partial charge is 0.491 e. The lowest BCUT2D eigenvalue weighted by atomic mass is 10.2. The van der Waals surface area contributed by atoms with Gasteiger partial charge in [0.25, 0.3) is 0 Å². The molecule has 1 aliphatic rings. The van der Waals surface area contributed by atoms with Gasteiger partial charge in [0.2, 0.25) is 5.52 Å². The molecule has 0 saturated carbocycles. The second-order valence-corrected chi connectivity index (χ2v) is 6.61. The van der Waals surface area contributed by atoms with Crippen molar-refractivity contribution >= 4 is 28.6 Å². The highest BCUT2D eigenvalue weighted by Gasteiger charge is 2.36. The number of halogens is 1. The standard InChI is InChI=1S/C19H18ClN5O2/c1-2-8-26-15-9-13(11-27-14-6-4-3-5-7-14)25(10-15)18-16-17(22-12-21-16)23-19(20)24-18/h1,3-7,12-13,15H,8-11H2,(H,21,22,23,24)/p+1/t13-,15+/m1/s1. The Hall–Kier alpha value is -2.82. The fraction of sp³-hybridized carbons (Fsp3) is 0.316. The summed E-state index contributed by atoms with van der Waals surface area (Å²) in [7, 11) is 0. The van der Waals surface area contributed by atoms with Gasteiger partial charge in [-0.2, -0.15) is 4.98 Å². The maximum atomic E-state index is 6.13. The summed E-state index contributed by atoms with van der Waals surface area (Å²) in [6, 6.07) is 9.79. The number of fused-ring (bicyclic) bond motifs is 1. The van der Waals surface area contributed by atoms with Gasteiger partial charge in [-0.3, -0.25) is 4.98 Å². The van der Waals surface area contributed by atoms with Gasteiger partial charge in [-0.1, -0.05) is 29.1 Å². The minimum absolute atomic E-state index is 0.00634. The molecule has 0 radical (unpaired) electrons. The molecule has 2 N–H and O–H groups in total. The Kier molecular flexibility index (Phi) is 5.10. The van der Waals surface area contributed by atoms with Gasteiger partial charge < -0.3 is 14.4 Å². The van der Waals surface area contributed by atoms with Crippen molar-refractivity contribution < 1.29 is 14.5 Å².